The zero-order valence-electron chi connectivity index (χ0n) is 15.4. The lowest BCUT2D eigenvalue weighted by atomic mass is 9.80. The molecular formula is C21H28N2O. The number of nitrogens with zero attached hydrogens (tertiary/aromatic N) is 2. The van der Waals surface area contributed by atoms with Gasteiger partial charge in [-0.3, -0.25) is 0 Å². The Bertz CT molecular complexity index is 593. The second kappa shape index (κ2) is 8.00. The highest BCUT2D eigenvalue weighted by atomic mass is 16.1. The summed E-state index contributed by atoms with van der Waals surface area (Å²) in [5, 5.41) is 0. The topological polar surface area (TPSA) is 23.6 Å². The lowest BCUT2D eigenvalue weighted by Crippen LogP contribution is -2.16. The first-order chi connectivity index (χ1) is 11.5. The quantitative estimate of drug-likeness (QED) is 0.714. The first-order valence-electron chi connectivity index (χ1n) is 8.47. The fourth-order valence-electron chi connectivity index (χ4n) is 3.06. The summed E-state index contributed by atoms with van der Waals surface area (Å²) in [6.45, 7) is 2.08. The molecule has 0 aliphatic rings. The van der Waals surface area contributed by atoms with Gasteiger partial charge in [0.1, 0.15) is 6.29 Å². The summed E-state index contributed by atoms with van der Waals surface area (Å²) in [7, 11) is 8.14. The number of anilines is 2. The summed E-state index contributed by atoms with van der Waals surface area (Å²) in [6.07, 6.45) is 1.93. The monoisotopic (exact) mass is 324 g/mol. The molecule has 0 bridgehead atoms. The molecule has 24 heavy (non-hydrogen) atoms. The van der Waals surface area contributed by atoms with E-state index >= 15 is 0 Å². The van der Waals surface area contributed by atoms with Crippen molar-refractivity contribution in [3.63, 3.8) is 0 Å². The molecule has 1 atom stereocenters. The standard InChI is InChI=1S/C21H28N2O/c1-6-16(15-24)21(17-7-11-19(12-8-17)22(2)3)18-9-13-20(14-10-18)23(4)5/h7-16,21H,6H2,1-5H3/t16-/m0/s1. The number of hydrogen-bond donors (Lipinski definition) is 0. The molecule has 0 aliphatic heterocycles. The van der Waals surface area contributed by atoms with Gasteiger partial charge in [0, 0.05) is 51.4 Å². The van der Waals surface area contributed by atoms with Crippen LogP contribution in [0.5, 0.6) is 0 Å². The molecule has 2 aromatic rings. The van der Waals surface area contributed by atoms with Gasteiger partial charge in [-0.15, -0.1) is 0 Å². The van der Waals surface area contributed by atoms with E-state index in [4.69, 9.17) is 0 Å². The molecule has 0 unspecified atom stereocenters. The average molecular weight is 324 g/mol. The van der Waals surface area contributed by atoms with Crippen LogP contribution in [0.1, 0.15) is 30.4 Å². The molecule has 0 aliphatic carbocycles. The van der Waals surface area contributed by atoms with Gasteiger partial charge in [-0.25, -0.2) is 0 Å². The van der Waals surface area contributed by atoms with Crippen LogP contribution >= 0.6 is 0 Å². The highest BCUT2D eigenvalue weighted by molar-refractivity contribution is 5.60. The zero-order chi connectivity index (χ0) is 17.7. The van der Waals surface area contributed by atoms with Crippen molar-refractivity contribution in [3.05, 3.63) is 59.7 Å². The van der Waals surface area contributed by atoms with Crippen molar-refractivity contribution in [2.24, 2.45) is 5.92 Å². The van der Waals surface area contributed by atoms with Crippen LogP contribution in [0.2, 0.25) is 0 Å². The van der Waals surface area contributed by atoms with Crippen LogP contribution in [0, 0.1) is 5.92 Å². The Morgan fingerprint density at radius 3 is 1.42 bits per heavy atom. The maximum Gasteiger partial charge on any atom is 0.124 e. The number of benzene rings is 2. The van der Waals surface area contributed by atoms with Crippen LogP contribution in [-0.4, -0.2) is 34.5 Å². The Kier molecular flexibility index (Phi) is 6.02. The summed E-state index contributed by atoms with van der Waals surface area (Å²) < 4.78 is 0. The Morgan fingerprint density at radius 1 is 0.792 bits per heavy atom. The number of carbonyl (C=O) groups excluding carboxylic acids is 1. The molecular weight excluding hydrogens is 296 g/mol. The number of hydrogen-bond acceptors (Lipinski definition) is 3. The number of carbonyl (C=O) groups is 1. The maximum atomic E-state index is 11.7. The lowest BCUT2D eigenvalue weighted by Gasteiger charge is -2.25. The molecule has 0 amide bonds. The van der Waals surface area contributed by atoms with E-state index in [1.165, 1.54) is 22.5 Å². The van der Waals surface area contributed by atoms with Crippen molar-refractivity contribution in [2.45, 2.75) is 19.3 Å². The minimum absolute atomic E-state index is 0.0135. The summed E-state index contributed by atoms with van der Waals surface area (Å²) >= 11 is 0. The van der Waals surface area contributed by atoms with Crippen LogP contribution in [0.25, 0.3) is 0 Å². The van der Waals surface area contributed by atoms with Crippen molar-refractivity contribution in [1.82, 2.24) is 0 Å². The highest BCUT2D eigenvalue weighted by Gasteiger charge is 2.23. The molecule has 128 valence electrons. The second-order valence-electron chi connectivity index (χ2n) is 6.66. The Morgan fingerprint density at radius 2 is 1.17 bits per heavy atom. The van der Waals surface area contributed by atoms with Gasteiger partial charge in [-0.1, -0.05) is 31.2 Å². The molecule has 2 rings (SSSR count). The highest BCUT2D eigenvalue weighted by Crippen LogP contribution is 2.34. The first kappa shape index (κ1) is 18.1. The first-order valence-corrected chi connectivity index (χ1v) is 8.47. The molecule has 0 aromatic heterocycles. The molecule has 0 heterocycles. The van der Waals surface area contributed by atoms with Crippen molar-refractivity contribution in [1.29, 1.82) is 0 Å². The number of aldehydes is 1. The Hall–Kier alpha value is -2.29. The SMILES string of the molecule is CC[C@@H](C=O)C(c1ccc(N(C)C)cc1)c1ccc(N(C)C)cc1. The molecule has 2 aromatic carbocycles. The molecule has 0 saturated carbocycles. The van der Waals surface area contributed by atoms with Crippen molar-refractivity contribution < 1.29 is 4.79 Å². The van der Waals surface area contributed by atoms with E-state index in [1.807, 2.05) is 28.2 Å². The van der Waals surface area contributed by atoms with Crippen LogP contribution in [-0.2, 0) is 4.79 Å². The Balaban J connectivity index is 2.42. The van der Waals surface area contributed by atoms with Crippen molar-refractivity contribution >= 4 is 17.7 Å². The normalized spacial score (nSPS) is 12.1. The minimum atomic E-state index is -0.0135. The molecule has 3 nitrogen and oxygen atoms in total. The van der Waals surface area contributed by atoms with Gasteiger partial charge in [-0.2, -0.15) is 0 Å². The van der Waals surface area contributed by atoms with Crippen LogP contribution in [0.15, 0.2) is 48.5 Å². The Labute approximate surface area is 145 Å². The summed E-state index contributed by atoms with van der Waals surface area (Å²) in [6, 6.07) is 17.1. The van der Waals surface area contributed by atoms with Crippen LogP contribution < -0.4 is 9.80 Å². The van der Waals surface area contributed by atoms with E-state index in [9.17, 15) is 4.79 Å². The van der Waals surface area contributed by atoms with E-state index in [1.54, 1.807) is 0 Å². The molecule has 0 saturated heterocycles. The molecule has 0 fully saturated rings. The summed E-state index contributed by atoms with van der Waals surface area (Å²) in [5.74, 6) is 0.0836. The fourth-order valence-corrected chi connectivity index (χ4v) is 3.06. The van der Waals surface area contributed by atoms with Crippen LogP contribution in [0.3, 0.4) is 0 Å². The van der Waals surface area contributed by atoms with E-state index < -0.39 is 0 Å². The predicted octanol–water partition coefficient (Wildman–Crippen LogP) is 4.18. The fraction of sp³-hybridized carbons (Fsp3) is 0.381. The van der Waals surface area contributed by atoms with Gasteiger partial charge < -0.3 is 14.6 Å². The van der Waals surface area contributed by atoms with Gasteiger partial charge >= 0.3 is 0 Å². The summed E-state index contributed by atoms with van der Waals surface area (Å²) in [5.41, 5.74) is 4.72. The summed E-state index contributed by atoms with van der Waals surface area (Å²) in [4.78, 5) is 15.8. The third-order valence-electron chi connectivity index (χ3n) is 4.61. The van der Waals surface area contributed by atoms with Crippen molar-refractivity contribution in [3.8, 4) is 0 Å². The molecule has 0 spiro atoms. The molecule has 3 heteroatoms. The van der Waals surface area contributed by atoms with Gasteiger partial charge in [0.05, 0.1) is 0 Å². The van der Waals surface area contributed by atoms with Gasteiger partial charge in [-0.05, 0) is 41.8 Å². The second-order valence-corrected chi connectivity index (χ2v) is 6.66. The third-order valence-corrected chi connectivity index (χ3v) is 4.61. The smallest absolute Gasteiger partial charge is 0.124 e. The zero-order valence-corrected chi connectivity index (χ0v) is 15.4. The maximum absolute atomic E-state index is 11.7. The van der Waals surface area contributed by atoms with Crippen LogP contribution in [0.4, 0.5) is 11.4 Å². The van der Waals surface area contributed by atoms with E-state index in [0.29, 0.717) is 0 Å². The molecule has 0 N–H and O–H groups in total. The third kappa shape index (κ3) is 3.97. The average Bonchev–Trinajstić information content (AvgIpc) is 2.59. The predicted molar refractivity (Wildman–Crippen MR) is 103 cm³/mol. The van der Waals surface area contributed by atoms with E-state index in [-0.39, 0.29) is 11.8 Å². The van der Waals surface area contributed by atoms with Gasteiger partial charge in [0.2, 0.25) is 0 Å². The largest absolute Gasteiger partial charge is 0.378 e. The molecule has 0 radical (unpaired) electrons. The minimum Gasteiger partial charge on any atom is -0.378 e. The van der Waals surface area contributed by atoms with E-state index in [0.717, 1.165) is 12.7 Å². The van der Waals surface area contributed by atoms with Gasteiger partial charge in [0.25, 0.3) is 0 Å². The van der Waals surface area contributed by atoms with E-state index in [2.05, 4.69) is 65.3 Å². The lowest BCUT2D eigenvalue weighted by molar-refractivity contribution is -0.111. The van der Waals surface area contributed by atoms with Crippen molar-refractivity contribution in [2.75, 3.05) is 38.0 Å². The van der Waals surface area contributed by atoms with Gasteiger partial charge in [0.15, 0.2) is 0 Å². The number of rotatable bonds is 7.